The number of hydrogen-bond donors (Lipinski definition) is 3. The number of amides is 1. The van der Waals surface area contributed by atoms with Gasteiger partial charge in [0.2, 0.25) is 5.91 Å². The molecule has 0 aliphatic rings. The maximum atomic E-state index is 12.5. The van der Waals surface area contributed by atoms with Gasteiger partial charge in [0.25, 0.3) is 0 Å². The van der Waals surface area contributed by atoms with E-state index in [1.54, 1.807) is 6.08 Å². The second kappa shape index (κ2) is 66.3. The molecule has 2 atom stereocenters. The fourth-order valence-corrected chi connectivity index (χ4v) is 9.79. The van der Waals surface area contributed by atoms with Gasteiger partial charge in [0, 0.05) is 6.42 Å². The Morgan fingerprint density at radius 1 is 0.329 bits per heavy atom. The number of aliphatic hydroxyl groups is 2. The second-order valence-electron chi connectivity index (χ2n) is 22.2. The molecule has 0 fully saturated rings. The van der Waals surface area contributed by atoms with E-state index < -0.39 is 12.1 Å². The molecule has 0 rings (SSSR count). The molecule has 0 saturated heterocycles. The number of carbonyl (C=O) groups is 1. The van der Waals surface area contributed by atoms with Crippen molar-refractivity contribution in [2.75, 3.05) is 6.61 Å². The number of unbranched alkanes of at least 4 members (excludes halogenated alkanes) is 37. The van der Waals surface area contributed by atoms with E-state index in [2.05, 4.69) is 116 Å². The largest absolute Gasteiger partial charge is 0.394 e. The van der Waals surface area contributed by atoms with Crippen LogP contribution in [0.2, 0.25) is 0 Å². The summed E-state index contributed by atoms with van der Waals surface area (Å²) in [7, 11) is 0. The highest BCUT2D eigenvalue weighted by Gasteiger charge is 2.18. The SMILES string of the molecule is CC/C=C\C/C=C\C/C=C\C/C=C\C/C=C\C/C=C\C/C=C\C/C=C\CCCCCCCCCCC(=O)NC(CO)C(O)/C=C/CCCCCCCCCCCCCCCCCCCCCCCCCCCCCCC. The minimum absolute atomic E-state index is 0.0733. The van der Waals surface area contributed by atoms with Gasteiger partial charge in [0.1, 0.15) is 0 Å². The fourth-order valence-electron chi connectivity index (χ4n) is 9.79. The van der Waals surface area contributed by atoms with Crippen molar-refractivity contribution in [2.24, 2.45) is 0 Å². The van der Waals surface area contributed by atoms with Crippen molar-refractivity contribution in [3.8, 4) is 0 Å². The molecular weight excluding hydrogens is 927 g/mol. The fraction of sp³-hybridized carbons (Fsp3) is 0.736. The summed E-state index contributed by atoms with van der Waals surface area (Å²) in [5.41, 5.74) is 0. The van der Waals surface area contributed by atoms with E-state index >= 15 is 0 Å². The molecule has 0 saturated carbocycles. The highest BCUT2D eigenvalue weighted by molar-refractivity contribution is 5.76. The summed E-state index contributed by atoms with van der Waals surface area (Å²) in [5, 5.41) is 23.3. The average Bonchev–Trinajstić information content (AvgIpc) is 3.42. The van der Waals surface area contributed by atoms with Crippen LogP contribution in [0.15, 0.2) is 109 Å². The third-order valence-corrected chi connectivity index (χ3v) is 14.8. The number of rotatable bonds is 60. The Hall–Kier alpha value is -2.95. The van der Waals surface area contributed by atoms with Crippen molar-refractivity contribution in [2.45, 2.75) is 334 Å². The number of hydrogen-bond acceptors (Lipinski definition) is 3. The molecule has 0 spiro atoms. The Bertz CT molecular complexity index is 1430. The Labute approximate surface area is 474 Å². The van der Waals surface area contributed by atoms with Crippen molar-refractivity contribution >= 4 is 5.91 Å². The van der Waals surface area contributed by atoms with Gasteiger partial charge >= 0.3 is 0 Å². The number of nitrogens with one attached hydrogen (secondary N) is 1. The summed E-state index contributed by atoms with van der Waals surface area (Å²) in [6.07, 6.45) is 100. The summed E-state index contributed by atoms with van der Waals surface area (Å²) in [5.74, 6) is -0.0733. The van der Waals surface area contributed by atoms with Crippen LogP contribution in [-0.2, 0) is 4.79 Å². The first-order valence-corrected chi connectivity index (χ1v) is 33.1. The quantitative estimate of drug-likeness (QED) is 0.0420. The average molecular weight is 1050 g/mol. The van der Waals surface area contributed by atoms with Gasteiger partial charge in [-0.2, -0.15) is 0 Å². The first-order chi connectivity index (χ1) is 37.7. The van der Waals surface area contributed by atoms with Crippen LogP contribution in [-0.4, -0.2) is 34.9 Å². The lowest BCUT2D eigenvalue weighted by atomic mass is 10.0. The minimum atomic E-state index is -0.852. The molecule has 438 valence electrons. The van der Waals surface area contributed by atoms with Crippen LogP contribution in [0.5, 0.6) is 0 Å². The van der Waals surface area contributed by atoms with Gasteiger partial charge in [0.15, 0.2) is 0 Å². The molecule has 0 aromatic heterocycles. The molecule has 0 radical (unpaired) electrons. The van der Waals surface area contributed by atoms with Crippen molar-refractivity contribution in [1.82, 2.24) is 5.32 Å². The van der Waals surface area contributed by atoms with Crippen LogP contribution in [0.3, 0.4) is 0 Å². The van der Waals surface area contributed by atoms with Gasteiger partial charge < -0.3 is 15.5 Å². The maximum Gasteiger partial charge on any atom is 0.220 e. The molecule has 2 unspecified atom stereocenters. The molecule has 0 aliphatic carbocycles. The van der Waals surface area contributed by atoms with Crippen molar-refractivity contribution in [3.63, 3.8) is 0 Å². The van der Waals surface area contributed by atoms with Gasteiger partial charge in [0.05, 0.1) is 18.8 Å². The van der Waals surface area contributed by atoms with Crippen LogP contribution < -0.4 is 5.32 Å². The summed E-state index contributed by atoms with van der Waals surface area (Å²) in [4.78, 5) is 12.5. The smallest absolute Gasteiger partial charge is 0.220 e. The summed E-state index contributed by atoms with van der Waals surface area (Å²) < 4.78 is 0. The highest BCUT2D eigenvalue weighted by Crippen LogP contribution is 2.18. The molecular formula is C72H127NO3. The predicted molar refractivity (Wildman–Crippen MR) is 340 cm³/mol. The monoisotopic (exact) mass is 1050 g/mol. The molecule has 0 aliphatic heterocycles. The van der Waals surface area contributed by atoms with Crippen molar-refractivity contribution in [3.05, 3.63) is 109 Å². The van der Waals surface area contributed by atoms with E-state index in [1.807, 2.05) is 6.08 Å². The van der Waals surface area contributed by atoms with E-state index in [4.69, 9.17) is 0 Å². The molecule has 4 nitrogen and oxygen atoms in total. The van der Waals surface area contributed by atoms with Crippen molar-refractivity contribution in [1.29, 1.82) is 0 Å². The number of allylic oxidation sites excluding steroid dienone is 17. The topological polar surface area (TPSA) is 69.6 Å². The minimum Gasteiger partial charge on any atom is -0.394 e. The summed E-state index contributed by atoms with van der Waals surface area (Å²) >= 11 is 0. The maximum absolute atomic E-state index is 12.5. The Morgan fingerprint density at radius 3 is 0.868 bits per heavy atom. The zero-order valence-corrected chi connectivity index (χ0v) is 50.5. The number of carbonyl (C=O) groups excluding carboxylic acids is 1. The van der Waals surface area contributed by atoms with E-state index in [1.165, 1.54) is 212 Å². The van der Waals surface area contributed by atoms with Crippen LogP contribution in [0.4, 0.5) is 0 Å². The zero-order valence-electron chi connectivity index (χ0n) is 50.5. The van der Waals surface area contributed by atoms with Gasteiger partial charge in [-0.05, 0) is 83.5 Å². The van der Waals surface area contributed by atoms with Crippen LogP contribution in [0.25, 0.3) is 0 Å². The Kier molecular flexibility index (Phi) is 63.8. The third kappa shape index (κ3) is 61.9. The molecule has 1 amide bonds. The van der Waals surface area contributed by atoms with Gasteiger partial charge in [-0.15, -0.1) is 0 Å². The van der Waals surface area contributed by atoms with Crippen LogP contribution in [0, 0.1) is 0 Å². The highest BCUT2D eigenvalue weighted by atomic mass is 16.3. The van der Waals surface area contributed by atoms with E-state index in [0.717, 1.165) is 89.9 Å². The van der Waals surface area contributed by atoms with E-state index in [9.17, 15) is 15.0 Å². The molecule has 76 heavy (non-hydrogen) atoms. The second-order valence-corrected chi connectivity index (χ2v) is 22.2. The summed E-state index contributed by atoms with van der Waals surface area (Å²) in [6, 6.07) is -0.636. The lowest BCUT2D eigenvalue weighted by molar-refractivity contribution is -0.123. The van der Waals surface area contributed by atoms with Gasteiger partial charge in [-0.25, -0.2) is 0 Å². The zero-order chi connectivity index (χ0) is 54.8. The van der Waals surface area contributed by atoms with Crippen LogP contribution >= 0.6 is 0 Å². The van der Waals surface area contributed by atoms with Gasteiger partial charge in [-0.3, -0.25) is 4.79 Å². The normalized spacial score (nSPS) is 13.5. The Morgan fingerprint density at radius 2 is 0.579 bits per heavy atom. The molecule has 3 N–H and O–H groups in total. The van der Waals surface area contributed by atoms with E-state index in [-0.39, 0.29) is 12.5 Å². The van der Waals surface area contributed by atoms with Crippen LogP contribution in [0.1, 0.15) is 322 Å². The van der Waals surface area contributed by atoms with E-state index in [0.29, 0.717) is 6.42 Å². The molecule has 0 heterocycles. The lowest BCUT2D eigenvalue weighted by Crippen LogP contribution is -2.45. The number of aliphatic hydroxyl groups excluding tert-OH is 2. The first kappa shape index (κ1) is 73.0. The standard InChI is InChI=1S/C72H127NO3/c1-3-5-7-9-11-13-15-17-19-21-23-25-27-29-31-33-35-36-38-40-42-44-46-48-50-52-54-56-58-60-62-64-66-68-72(76)73-70(69-74)71(75)67-65-63-61-59-57-55-53-51-49-47-45-43-41-39-37-34-32-30-28-26-24-22-20-18-16-14-12-10-8-6-4-2/h5,7,11,13,17,19,23,25,29,31,35-36,40,42,46,48,65,67,70-71,74-75H,3-4,6,8-10,12,14-16,18,20-22,24,26-28,30,32-34,37-39,41,43-45,47,49-64,66,68-69H2,1-2H3,(H,73,76)/b7-5-,13-11-,19-17-,25-23-,31-29-,36-35-,42-40-,48-46-,67-65+. The molecule has 0 aromatic carbocycles. The lowest BCUT2D eigenvalue weighted by Gasteiger charge is -2.20. The molecule has 4 heteroatoms. The van der Waals surface area contributed by atoms with Gasteiger partial charge in [-0.1, -0.05) is 342 Å². The molecule has 0 bridgehead atoms. The predicted octanol–water partition coefficient (Wildman–Crippen LogP) is 22.6. The van der Waals surface area contributed by atoms with Crippen molar-refractivity contribution < 1.29 is 15.0 Å². The Balaban J connectivity index is 3.54. The first-order valence-electron chi connectivity index (χ1n) is 33.1. The summed E-state index contributed by atoms with van der Waals surface area (Å²) in [6.45, 7) is 4.21. The third-order valence-electron chi connectivity index (χ3n) is 14.8. The molecule has 0 aromatic rings.